The lowest BCUT2D eigenvalue weighted by molar-refractivity contribution is 0.660. The highest BCUT2D eigenvalue weighted by Gasteiger charge is 2.51. The van der Waals surface area contributed by atoms with Gasteiger partial charge in [0.1, 0.15) is 0 Å². The fourth-order valence-electron chi connectivity index (χ4n) is 19.7. The zero-order valence-electron chi connectivity index (χ0n) is 59.6. The van der Waals surface area contributed by atoms with Crippen LogP contribution in [0.5, 0.6) is 0 Å². The molecule has 4 heterocycles. The van der Waals surface area contributed by atoms with Crippen molar-refractivity contribution >= 4 is 98.0 Å². The summed E-state index contributed by atoms with van der Waals surface area (Å²) in [4.78, 5) is 0. The van der Waals surface area contributed by atoms with Crippen molar-refractivity contribution in [2.45, 2.75) is 24.7 Å². The maximum absolute atomic E-state index is 2.49. The molecule has 0 unspecified atom stereocenters. The van der Waals surface area contributed by atoms with Crippen LogP contribution in [0.3, 0.4) is 0 Å². The van der Waals surface area contributed by atoms with Gasteiger partial charge in [-0.25, -0.2) is 0 Å². The molecular formula is C104H68N4. The van der Waals surface area contributed by atoms with E-state index in [-0.39, 0.29) is 10.8 Å². The van der Waals surface area contributed by atoms with E-state index in [1.165, 1.54) is 210 Å². The van der Waals surface area contributed by atoms with Gasteiger partial charge in [-0.15, -0.1) is 0 Å². The lowest BCUT2D eigenvalue weighted by atomic mass is 9.70. The molecule has 0 N–H and O–H groups in total. The first-order valence-corrected chi connectivity index (χ1v) is 37.7. The van der Waals surface area contributed by atoms with Gasteiger partial charge in [0.15, 0.2) is 0 Å². The topological polar surface area (TPSA) is 19.7 Å². The lowest BCUT2D eigenvalue weighted by Crippen LogP contribution is -2.26. The van der Waals surface area contributed by atoms with E-state index in [4.69, 9.17) is 0 Å². The monoisotopic (exact) mass is 1370 g/mol. The predicted molar refractivity (Wildman–Crippen MR) is 452 cm³/mol. The summed E-state index contributed by atoms with van der Waals surface area (Å²) in [5, 5.41) is 12.6. The Bertz CT molecular complexity index is 7350. The first-order valence-electron chi connectivity index (χ1n) is 37.7. The molecular weight excluding hydrogens is 1310 g/mol. The van der Waals surface area contributed by atoms with Crippen LogP contribution in [0.1, 0.15) is 47.2 Å². The van der Waals surface area contributed by atoms with Gasteiger partial charge >= 0.3 is 0 Å². The first-order chi connectivity index (χ1) is 53.3. The van der Waals surface area contributed by atoms with Crippen LogP contribution in [0.4, 0.5) is 0 Å². The Morgan fingerprint density at radius 2 is 0.472 bits per heavy atom. The molecule has 0 radical (unpaired) electrons. The molecule has 3 aliphatic rings. The van der Waals surface area contributed by atoms with Crippen LogP contribution in [0.15, 0.2) is 376 Å². The fraction of sp³-hybridized carbons (Fsp3) is 0.0385. The number of hydrogen-bond acceptors (Lipinski definition) is 0. The number of benzene rings is 17. The van der Waals surface area contributed by atoms with Crippen LogP contribution in [-0.4, -0.2) is 18.3 Å². The third-order valence-corrected chi connectivity index (χ3v) is 24.4. The molecule has 0 fully saturated rings. The summed E-state index contributed by atoms with van der Waals surface area (Å²) < 4.78 is 9.73. The molecule has 0 saturated carbocycles. The number of hydrogen-bond donors (Lipinski definition) is 0. The maximum atomic E-state index is 2.49. The second kappa shape index (κ2) is 22.9. The Balaban J connectivity index is 0.000000131. The second-order valence-corrected chi connectivity index (χ2v) is 30.2. The van der Waals surface area contributed by atoms with Crippen LogP contribution in [0, 0.1) is 0 Å². The minimum absolute atomic E-state index is 0.0517. The number of nitrogens with zero attached hydrogens (tertiary/aromatic N) is 4. The van der Waals surface area contributed by atoms with Gasteiger partial charge in [0, 0.05) is 71.3 Å². The molecule has 0 aliphatic heterocycles. The van der Waals surface area contributed by atoms with E-state index >= 15 is 0 Å². The van der Waals surface area contributed by atoms with Gasteiger partial charge in [0.2, 0.25) is 0 Å². The average molecular weight is 1370 g/mol. The molecule has 108 heavy (non-hydrogen) atoms. The molecule has 4 aromatic heterocycles. The summed E-state index contributed by atoms with van der Waals surface area (Å²) in [6, 6.07) is 140. The minimum Gasteiger partial charge on any atom is -0.309 e. The van der Waals surface area contributed by atoms with Crippen molar-refractivity contribution in [2.24, 2.45) is 0 Å². The van der Waals surface area contributed by atoms with Gasteiger partial charge in [-0.3, -0.25) is 0 Å². The molecule has 4 heteroatoms. The van der Waals surface area contributed by atoms with Gasteiger partial charge < -0.3 is 18.3 Å². The zero-order chi connectivity index (χ0) is 71.1. The molecule has 0 saturated heterocycles. The third-order valence-electron chi connectivity index (χ3n) is 24.4. The largest absolute Gasteiger partial charge is 0.309 e. The first kappa shape index (κ1) is 60.6. The Hall–Kier alpha value is -13.8. The van der Waals surface area contributed by atoms with Gasteiger partial charge in [-0.05, 0) is 221 Å². The molecule has 0 bridgehead atoms. The van der Waals surface area contributed by atoms with Crippen LogP contribution in [0.2, 0.25) is 0 Å². The highest BCUT2D eigenvalue weighted by molar-refractivity contribution is 6.15. The Morgan fingerprint density at radius 1 is 0.176 bits per heavy atom. The molecule has 17 aromatic carbocycles. The van der Waals surface area contributed by atoms with Crippen LogP contribution in [-0.2, 0) is 10.8 Å². The summed E-state index contributed by atoms with van der Waals surface area (Å²) in [5.74, 6) is 0. The molecule has 21 aromatic rings. The van der Waals surface area contributed by atoms with E-state index in [2.05, 4.69) is 408 Å². The van der Waals surface area contributed by atoms with Gasteiger partial charge in [0.25, 0.3) is 0 Å². The Kier molecular flexibility index (Phi) is 12.8. The zero-order valence-corrected chi connectivity index (χ0v) is 59.6. The van der Waals surface area contributed by atoms with Crippen molar-refractivity contribution in [1.82, 2.24) is 18.3 Å². The van der Waals surface area contributed by atoms with Crippen molar-refractivity contribution in [1.29, 1.82) is 0 Å². The highest BCUT2D eigenvalue weighted by Crippen LogP contribution is 2.63. The summed E-state index contributed by atoms with van der Waals surface area (Å²) in [5.41, 5.74) is 35.2. The molecule has 3 aliphatic carbocycles. The van der Waals surface area contributed by atoms with Gasteiger partial charge in [-0.1, -0.05) is 269 Å². The summed E-state index contributed by atoms with van der Waals surface area (Å²) >= 11 is 0. The normalized spacial score (nSPS) is 13.4. The SMILES string of the molecule is CC1(C)c2ccccc2-c2ccc(-n3c4ccccc4c4cc(-c5ccc6c(c5)c5ccccc5n6-c5ccc6ccccc6c5)ccc43)cc21.c1ccc(-n2c3ccccc3c3cc(-c4ccc5c(c4)c4ccccc4n5-c4ccc5c(c4)C4(c6ccccc6-c6ccccc64)c4ccccc4-5)ccc32)cc1. The van der Waals surface area contributed by atoms with Crippen molar-refractivity contribution in [3.8, 4) is 78.4 Å². The van der Waals surface area contributed by atoms with Crippen molar-refractivity contribution < 1.29 is 0 Å². The maximum Gasteiger partial charge on any atom is 0.0726 e. The number of fused-ring (bicyclic) bond motifs is 26. The smallest absolute Gasteiger partial charge is 0.0726 e. The second-order valence-electron chi connectivity index (χ2n) is 30.2. The van der Waals surface area contributed by atoms with Crippen molar-refractivity contribution in [3.63, 3.8) is 0 Å². The van der Waals surface area contributed by atoms with E-state index in [9.17, 15) is 0 Å². The molecule has 0 amide bonds. The van der Waals surface area contributed by atoms with E-state index in [0.717, 1.165) is 0 Å². The van der Waals surface area contributed by atoms with Crippen LogP contribution >= 0.6 is 0 Å². The molecule has 24 rings (SSSR count). The third kappa shape index (κ3) is 8.51. The Morgan fingerprint density at radius 3 is 0.907 bits per heavy atom. The molecule has 504 valence electrons. The van der Waals surface area contributed by atoms with Gasteiger partial charge in [-0.2, -0.15) is 0 Å². The van der Waals surface area contributed by atoms with Crippen molar-refractivity contribution in [3.05, 3.63) is 409 Å². The molecule has 0 atom stereocenters. The van der Waals surface area contributed by atoms with Gasteiger partial charge in [0.05, 0.1) is 49.5 Å². The van der Waals surface area contributed by atoms with Crippen LogP contribution < -0.4 is 0 Å². The molecule has 1 spiro atoms. The quantitative estimate of drug-likeness (QED) is 0.158. The summed E-state index contributed by atoms with van der Waals surface area (Å²) in [6.45, 7) is 4.71. The number of aromatic nitrogens is 4. The summed E-state index contributed by atoms with van der Waals surface area (Å²) in [7, 11) is 0. The van der Waals surface area contributed by atoms with E-state index < -0.39 is 0 Å². The van der Waals surface area contributed by atoms with E-state index in [1.807, 2.05) is 0 Å². The average Bonchev–Trinajstić information content (AvgIpc) is 1.51. The van der Waals surface area contributed by atoms with Crippen LogP contribution in [0.25, 0.3) is 176 Å². The van der Waals surface area contributed by atoms with E-state index in [1.54, 1.807) is 0 Å². The molecule has 4 nitrogen and oxygen atoms in total. The van der Waals surface area contributed by atoms with Crippen molar-refractivity contribution in [2.75, 3.05) is 0 Å². The fourth-order valence-corrected chi connectivity index (χ4v) is 19.7. The lowest BCUT2D eigenvalue weighted by Gasteiger charge is -2.30. The standard InChI is InChI=1S/C55H34N2.C49H34N2/c1-2-14-37(15-3-1)56-51-24-12-7-19-43(51)45-32-35(26-30-53(45)56)36-27-31-54-46(33-36)44-20-8-13-25-52(44)57(54)38-28-29-42-41-18-6-11-23-49(41)55(50(42)34-38)47-21-9-4-16-39(47)40-17-5-10-22-48(40)55;1-49(2)43-16-8-5-13-37(43)38-24-23-36(30-44(38)49)51-46-18-10-7-15-40(46)42-29-34(21-26-48(42)51)33-20-25-47-41(28-33)39-14-6-9-17-45(39)50(47)35-22-19-31-11-3-4-12-32(31)27-35/h1-34H;3-30H,1-2H3. The van der Waals surface area contributed by atoms with E-state index in [0.29, 0.717) is 0 Å². The number of rotatable bonds is 6. The highest BCUT2D eigenvalue weighted by atomic mass is 15.0. The number of para-hydroxylation sites is 5. The predicted octanol–water partition coefficient (Wildman–Crippen LogP) is 26.9. The Labute approximate surface area is 624 Å². The minimum atomic E-state index is -0.386. The summed E-state index contributed by atoms with van der Waals surface area (Å²) in [6.07, 6.45) is 0.